The third kappa shape index (κ3) is 4.96. The number of nitrogens with zero attached hydrogens (tertiary/aromatic N) is 4. The van der Waals surface area contributed by atoms with Gasteiger partial charge in [-0.1, -0.05) is 0 Å². The first kappa shape index (κ1) is 21.9. The maximum absolute atomic E-state index is 11.9. The Labute approximate surface area is 197 Å². The van der Waals surface area contributed by atoms with E-state index in [1.54, 1.807) is 22.2 Å². The third-order valence-electron chi connectivity index (χ3n) is 4.47. The zero-order chi connectivity index (χ0) is 22.2. The number of carbonyl (C=O) groups excluding carboxylic acids is 2. The fourth-order valence-electron chi connectivity index (χ4n) is 3.00. The Bertz CT molecular complexity index is 1100. The summed E-state index contributed by atoms with van der Waals surface area (Å²) in [5.74, 6) is 1.17. The second kappa shape index (κ2) is 10.8. The average molecular weight is 552 g/mol. The van der Waals surface area contributed by atoms with Crippen LogP contribution in [0.25, 0.3) is 0 Å². The Morgan fingerprint density at radius 1 is 0.562 bits per heavy atom. The molecule has 0 unspecified atom stereocenters. The fourth-order valence-corrected chi connectivity index (χ4v) is 10.0. The van der Waals surface area contributed by atoms with Gasteiger partial charge in [-0.2, -0.15) is 0 Å². The molecule has 158 valence electrons. The quantitative estimate of drug-likeness (QED) is 0.236. The molecule has 8 heteroatoms. The van der Waals surface area contributed by atoms with Gasteiger partial charge in [-0.25, -0.2) is 0 Å². The normalized spacial score (nSPS) is 10.4. The summed E-state index contributed by atoms with van der Waals surface area (Å²) < 4.78 is 2.20. The van der Waals surface area contributed by atoms with E-state index >= 15 is 0 Å². The van der Waals surface area contributed by atoms with Crippen LogP contribution in [0, 0.1) is 0 Å². The fraction of sp³-hybridized carbons (Fsp3) is 0. The summed E-state index contributed by atoms with van der Waals surface area (Å²) in [6.45, 7) is 0. The Hall–Kier alpha value is -3.28. The summed E-state index contributed by atoms with van der Waals surface area (Å²) >= 11 is 0.128. The van der Waals surface area contributed by atoms with Gasteiger partial charge < -0.3 is 0 Å². The first-order valence-corrected chi connectivity index (χ1v) is 15.7. The minimum absolute atomic E-state index is 0.0639. The zero-order valence-electron chi connectivity index (χ0n) is 16.8. The van der Waals surface area contributed by atoms with Crippen LogP contribution in [0.15, 0.2) is 97.3 Å². The van der Waals surface area contributed by atoms with Gasteiger partial charge in [-0.05, 0) is 0 Å². The summed E-state index contributed by atoms with van der Waals surface area (Å²) in [6, 6.07) is 26.8. The van der Waals surface area contributed by atoms with E-state index in [-0.39, 0.29) is 26.3 Å². The number of carbonyl (C=O) groups is 2. The minimum atomic E-state index is 0.0639. The molecule has 0 radical (unpaired) electrons. The number of pyridine rings is 2. The molecule has 0 fully saturated rings. The van der Waals surface area contributed by atoms with Crippen LogP contribution in [-0.4, -0.2) is 49.1 Å². The topological polar surface area (TPSA) is 66.4 Å². The molecule has 0 N–H and O–H groups in total. The molecule has 0 aliphatic heterocycles. The van der Waals surface area contributed by atoms with Gasteiger partial charge >= 0.3 is 198 Å². The van der Waals surface area contributed by atoms with Crippen molar-refractivity contribution in [2.45, 2.75) is 0 Å². The van der Waals surface area contributed by atoms with Crippen molar-refractivity contribution in [3.63, 3.8) is 0 Å². The number of hydrogen-bond acceptors (Lipinski definition) is 4. The van der Waals surface area contributed by atoms with Crippen molar-refractivity contribution < 1.29 is 9.59 Å². The SMILES string of the molecule is O=CN(c1ccccn1)c1ccccc1[Se][Se]c1ccccc1N(C=O)c1ccccn1. The molecule has 4 rings (SSSR count). The van der Waals surface area contributed by atoms with Crippen molar-refractivity contribution in [2.75, 3.05) is 9.80 Å². The number of hydrogen-bond donors (Lipinski definition) is 0. The second-order valence-corrected chi connectivity index (χ2v) is 12.6. The number of para-hydroxylation sites is 2. The Kier molecular flexibility index (Phi) is 7.43. The van der Waals surface area contributed by atoms with E-state index < -0.39 is 0 Å². The van der Waals surface area contributed by atoms with Crippen molar-refractivity contribution in [3.8, 4) is 0 Å². The second-order valence-electron chi connectivity index (χ2n) is 6.43. The van der Waals surface area contributed by atoms with E-state index in [1.165, 1.54) is 0 Å². The van der Waals surface area contributed by atoms with E-state index in [0.29, 0.717) is 11.6 Å². The molecule has 0 aliphatic carbocycles. The van der Waals surface area contributed by atoms with Gasteiger partial charge in [0.2, 0.25) is 0 Å². The van der Waals surface area contributed by atoms with Gasteiger partial charge in [-0.3, -0.25) is 0 Å². The van der Waals surface area contributed by atoms with Crippen molar-refractivity contribution in [2.24, 2.45) is 0 Å². The van der Waals surface area contributed by atoms with Gasteiger partial charge in [0, 0.05) is 0 Å². The van der Waals surface area contributed by atoms with Crippen molar-refractivity contribution >= 4 is 71.0 Å². The number of benzene rings is 2. The van der Waals surface area contributed by atoms with E-state index in [2.05, 4.69) is 22.1 Å². The molecule has 32 heavy (non-hydrogen) atoms. The molecule has 0 spiro atoms. The number of amides is 2. The summed E-state index contributed by atoms with van der Waals surface area (Å²) in [4.78, 5) is 35.6. The molecule has 4 aromatic rings. The Morgan fingerprint density at radius 2 is 0.969 bits per heavy atom. The van der Waals surface area contributed by atoms with E-state index in [0.717, 1.165) is 33.1 Å². The molecule has 0 bridgehead atoms. The van der Waals surface area contributed by atoms with E-state index in [4.69, 9.17) is 0 Å². The summed E-state index contributed by atoms with van der Waals surface area (Å²) in [5, 5.41) is 0. The predicted molar refractivity (Wildman–Crippen MR) is 129 cm³/mol. The standard InChI is InChI=1S/C24H18N4O2Se2/c29-17-27(23-13-5-7-15-25-23)19-9-1-3-11-21(19)31-32-22-12-4-2-10-20(22)28(18-30)24-14-6-8-16-26-24/h1-18H. The molecule has 0 saturated carbocycles. The molecular formula is C24H18N4O2Se2. The van der Waals surface area contributed by atoms with Crippen LogP contribution in [0.1, 0.15) is 0 Å². The molecule has 2 amide bonds. The average Bonchev–Trinajstić information content (AvgIpc) is 2.86. The third-order valence-corrected chi connectivity index (χ3v) is 11.7. The molecule has 6 nitrogen and oxygen atoms in total. The molecule has 0 aliphatic rings. The number of rotatable bonds is 9. The maximum atomic E-state index is 11.9. The van der Waals surface area contributed by atoms with Crippen molar-refractivity contribution in [3.05, 3.63) is 97.3 Å². The summed E-state index contributed by atoms with van der Waals surface area (Å²) in [7, 11) is 0. The first-order chi connectivity index (χ1) is 15.8. The predicted octanol–water partition coefficient (Wildman–Crippen LogP) is 2.34. The van der Waals surface area contributed by atoms with E-state index in [1.807, 2.05) is 72.8 Å². The van der Waals surface area contributed by atoms with Crippen LogP contribution >= 0.6 is 0 Å². The molecule has 2 heterocycles. The Balaban J connectivity index is 1.62. The van der Waals surface area contributed by atoms with Gasteiger partial charge in [0.1, 0.15) is 0 Å². The summed E-state index contributed by atoms with van der Waals surface area (Å²) in [6.07, 6.45) is 4.94. The van der Waals surface area contributed by atoms with Gasteiger partial charge in [0.05, 0.1) is 0 Å². The molecule has 0 saturated heterocycles. The number of aromatic nitrogens is 2. The van der Waals surface area contributed by atoms with Crippen LogP contribution < -0.4 is 18.7 Å². The van der Waals surface area contributed by atoms with Crippen LogP contribution in [0.2, 0.25) is 0 Å². The summed E-state index contributed by atoms with van der Waals surface area (Å²) in [5.41, 5.74) is 1.66. The van der Waals surface area contributed by atoms with E-state index in [9.17, 15) is 9.59 Å². The van der Waals surface area contributed by atoms with Crippen LogP contribution in [0.5, 0.6) is 0 Å². The van der Waals surface area contributed by atoms with Gasteiger partial charge in [0.15, 0.2) is 0 Å². The zero-order valence-corrected chi connectivity index (χ0v) is 20.2. The monoisotopic (exact) mass is 554 g/mol. The molecular weight excluding hydrogens is 534 g/mol. The molecule has 2 aromatic carbocycles. The van der Waals surface area contributed by atoms with Crippen LogP contribution in [0.3, 0.4) is 0 Å². The first-order valence-electron chi connectivity index (χ1n) is 9.65. The van der Waals surface area contributed by atoms with Gasteiger partial charge in [-0.15, -0.1) is 0 Å². The van der Waals surface area contributed by atoms with Crippen LogP contribution in [-0.2, 0) is 9.59 Å². The Morgan fingerprint density at radius 3 is 1.34 bits per heavy atom. The van der Waals surface area contributed by atoms with Gasteiger partial charge in [0.25, 0.3) is 0 Å². The number of anilines is 4. The van der Waals surface area contributed by atoms with Crippen molar-refractivity contribution in [1.82, 2.24) is 9.97 Å². The molecule has 0 atom stereocenters. The molecule has 2 aromatic heterocycles. The van der Waals surface area contributed by atoms with Crippen LogP contribution in [0.4, 0.5) is 23.0 Å². The van der Waals surface area contributed by atoms with Crippen molar-refractivity contribution in [1.29, 1.82) is 0 Å².